The molecule has 1 amide bonds. The van der Waals surface area contributed by atoms with E-state index >= 15 is 0 Å². The molecule has 140 valence electrons. The minimum absolute atomic E-state index is 0.135. The Bertz CT molecular complexity index is 1090. The Morgan fingerprint density at radius 2 is 1.54 bits per heavy atom. The van der Waals surface area contributed by atoms with Gasteiger partial charge in [0, 0.05) is 26.5 Å². The second kappa shape index (κ2) is 7.66. The van der Waals surface area contributed by atoms with Gasteiger partial charge in [0.25, 0.3) is 5.91 Å². The lowest BCUT2D eigenvalue weighted by atomic mass is 10.1. The molecule has 5 heteroatoms. The monoisotopic (exact) mass is 407 g/mol. The predicted octanol–water partition coefficient (Wildman–Crippen LogP) is 6.85. The van der Waals surface area contributed by atoms with Gasteiger partial charge in [-0.25, -0.2) is 0 Å². The average molecular weight is 408 g/mol. The minimum atomic E-state index is -0.135. The van der Waals surface area contributed by atoms with Gasteiger partial charge in [0.2, 0.25) is 0 Å². The molecule has 0 unspecified atom stereocenters. The highest BCUT2D eigenvalue weighted by Crippen LogP contribution is 2.40. The molecule has 0 atom stereocenters. The van der Waals surface area contributed by atoms with E-state index in [0.29, 0.717) is 15.6 Å². The third kappa shape index (κ3) is 3.37. The molecule has 3 aromatic carbocycles. The fraction of sp³-hybridized carbons (Fsp3) is 0.0870. The number of thiophene rings is 1. The maximum Gasteiger partial charge on any atom is 0.276 e. The molecule has 4 aromatic rings. The van der Waals surface area contributed by atoms with Gasteiger partial charge in [0.1, 0.15) is 10.6 Å². The molecule has 0 spiro atoms. The van der Waals surface area contributed by atoms with Crippen molar-refractivity contribution >= 4 is 50.3 Å². The van der Waals surface area contributed by atoms with Crippen LogP contribution >= 0.6 is 22.9 Å². The maximum absolute atomic E-state index is 13.7. The summed E-state index contributed by atoms with van der Waals surface area (Å²) in [6.07, 6.45) is 0. The lowest BCUT2D eigenvalue weighted by Crippen LogP contribution is -2.25. The summed E-state index contributed by atoms with van der Waals surface area (Å²) >= 11 is 7.50. The highest BCUT2D eigenvalue weighted by molar-refractivity contribution is 7.21. The molecule has 0 aliphatic rings. The summed E-state index contributed by atoms with van der Waals surface area (Å²) < 4.78 is 6.64. The van der Waals surface area contributed by atoms with Crippen LogP contribution in [0.25, 0.3) is 10.1 Å². The van der Waals surface area contributed by atoms with Crippen LogP contribution in [0.1, 0.15) is 15.2 Å². The van der Waals surface area contributed by atoms with Gasteiger partial charge in [-0.2, -0.15) is 0 Å². The van der Waals surface area contributed by atoms with Gasteiger partial charge in [0.05, 0.1) is 7.11 Å². The molecule has 1 heterocycles. The molecule has 3 nitrogen and oxygen atoms in total. The summed E-state index contributed by atoms with van der Waals surface area (Å²) in [4.78, 5) is 16.0. The van der Waals surface area contributed by atoms with Crippen molar-refractivity contribution in [1.82, 2.24) is 0 Å². The second-order valence-corrected chi connectivity index (χ2v) is 7.90. The van der Waals surface area contributed by atoms with E-state index in [2.05, 4.69) is 0 Å². The summed E-state index contributed by atoms with van der Waals surface area (Å²) in [5.74, 6) is 0.473. The van der Waals surface area contributed by atoms with Crippen molar-refractivity contribution in [3.05, 3.63) is 88.3 Å². The fourth-order valence-electron chi connectivity index (χ4n) is 3.13. The van der Waals surface area contributed by atoms with E-state index in [9.17, 15) is 4.79 Å². The van der Waals surface area contributed by atoms with Crippen LogP contribution < -0.4 is 9.64 Å². The first-order valence-corrected chi connectivity index (χ1v) is 10.00. The van der Waals surface area contributed by atoms with E-state index in [1.807, 2.05) is 67.6 Å². The molecule has 28 heavy (non-hydrogen) atoms. The molecule has 0 saturated carbocycles. The Labute approximate surface area is 172 Å². The maximum atomic E-state index is 13.7. The van der Waals surface area contributed by atoms with Crippen molar-refractivity contribution in [2.75, 3.05) is 12.0 Å². The Hall–Kier alpha value is -2.82. The van der Waals surface area contributed by atoms with Crippen LogP contribution in [0, 0.1) is 6.92 Å². The van der Waals surface area contributed by atoms with Crippen molar-refractivity contribution in [2.45, 2.75) is 6.92 Å². The van der Waals surface area contributed by atoms with Crippen LogP contribution in [0.5, 0.6) is 5.75 Å². The molecule has 4 rings (SSSR count). The number of methoxy groups -OCH3 is 1. The molecule has 0 aliphatic carbocycles. The Balaban J connectivity index is 1.88. The van der Waals surface area contributed by atoms with E-state index in [1.54, 1.807) is 24.1 Å². The summed E-state index contributed by atoms with van der Waals surface area (Å²) in [5.41, 5.74) is 2.67. The number of rotatable bonds is 4. The molecular weight excluding hydrogens is 390 g/mol. The first kappa shape index (κ1) is 18.5. The number of fused-ring (bicyclic) bond motifs is 1. The molecular formula is C23H18ClNO2S. The first-order valence-electron chi connectivity index (χ1n) is 8.80. The largest absolute Gasteiger partial charge is 0.494 e. The van der Waals surface area contributed by atoms with Gasteiger partial charge in [-0.3, -0.25) is 9.69 Å². The number of hydrogen-bond acceptors (Lipinski definition) is 3. The van der Waals surface area contributed by atoms with Crippen LogP contribution in [0.3, 0.4) is 0 Å². The molecule has 1 aromatic heterocycles. The number of benzene rings is 3. The lowest BCUT2D eigenvalue weighted by Gasteiger charge is -2.23. The number of hydrogen-bond donors (Lipinski definition) is 0. The zero-order valence-electron chi connectivity index (χ0n) is 15.5. The van der Waals surface area contributed by atoms with Crippen LogP contribution in [-0.2, 0) is 0 Å². The fourth-order valence-corrected chi connectivity index (χ4v) is 4.36. The third-order valence-electron chi connectivity index (χ3n) is 4.53. The van der Waals surface area contributed by atoms with E-state index < -0.39 is 0 Å². The zero-order chi connectivity index (χ0) is 19.7. The van der Waals surface area contributed by atoms with Gasteiger partial charge in [-0.15, -0.1) is 11.3 Å². The molecule has 0 radical (unpaired) electrons. The second-order valence-electron chi connectivity index (χ2n) is 6.41. The number of anilines is 2. The van der Waals surface area contributed by atoms with Crippen molar-refractivity contribution in [3.8, 4) is 5.75 Å². The summed E-state index contributed by atoms with van der Waals surface area (Å²) in [6.45, 7) is 2.02. The average Bonchev–Trinajstić information content (AvgIpc) is 3.09. The first-order chi connectivity index (χ1) is 13.6. The van der Waals surface area contributed by atoms with Crippen molar-refractivity contribution in [2.24, 2.45) is 0 Å². The minimum Gasteiger partial charge on any atom is -0.494 e. The van der Waals surface area contributed by atoms with E-state index in [0.717, 1.165) is 27.0 Å². The number of halogens is 1. The smallest absolute Gasteiger partial charge is 0.276 e. The third-order valence-corrected chi connectivity index (χ3v) is 5.92. The number of aryl methyl sites for hydroxylation is 1. The predicted molar refractivity (Wildman–Crippen MR) is 117 cm³/mol. The highest BCUT2D eigenvalue weighted by atomic mass is 35.5. The quantitative estimate of drug-likeness (QED) is 0.370. The summed E-state index contributed by atoms with van der Waals surface area (Å²) in [5, 5.41) is 1.57. The zero-order valence-corrected chi connectivity index (χ0v) is 17.1. The van der Waals surface area contributed by atoms with E-state index in [4.69, 9.17) is 16.3 Å². The van der Waals surface area contributed by atoms with Crippen LogP contribution in [-0.4, -0.2) is 13.0 Å². The van der Waals surface area contributed by atoms with Gasteiger partial charge >= 0.3 is 0 Å². The van der Waals surface area contributed by atoms with Crippen LogP contribution in [0.2, 0.25) is 5.02 Å². The SMILES string of the molecule is COc1c(C(=O)N(c2ccc(C)cc2)c2ccc(Cl)cc2)sc2ccccc12. The van der Waals surface area contributed by atoms with Crippen LogP contribution in [0.15, 0.2) is 72.8 Å². The molecule has 0 saturated heterocycles. The Morgan fingerprint density at radius 1 is 0.929 bits per heavy atom. The number of nitrogens with zero attached hydrogens (tertiary/aromatic N) is 1. The number of amides is 1. The van der Waals surface area contributed by atoms with E-state index in [1.165, 1.54) is 11.3 Å². The lowest BCUT2D eigenvalue weighted by molar-refractivity contribution is 0.100. The summed E-state index contributed by atoms with van der Waals surface area (Å²) in [7, 11) is 1.60. The molecule has 0 fully saturated rings. The van der Waals surface area contributed by atoms with Crippen molar-refractivity contribution in [1.29, 1.82) is 0 Å². The molecule has 0 bridgehead atoms. The number of carbonyl (C=O) groups is 1. The Morgan fingerprint density at radius 3 is 2.18 bits per heavy atom. The Kier molecular flexibility index (Phi) is 5.07. The standard InChI is InChI=1S/C23H18ClNO2S/c1-15-7-11-17(12-8-15)25(18-13-9-16(24)10-14-18)23(26)22-21(27-2)19-5-3-4-6-20(19)28-22/h3-14H,1-2H3. The van der Waals surface area contributed by atoms with Crippen molar-refractivity contribution in [3.63, 3.8) is 0 Å². The van der Waals surface area contributed by atoms with Gasteiger partial charge in [-0.1, -0.05) is 41.4 Å². The highest BCUT2D eigenvalue weighted by Gasteiger charge is 2.26. The number of ether oxygens (including phenoxy) is 1. The van der Waals surface area contributed by atoms with Crippen LogP contribution in [0.4, 0.5) is 11.4 Å². The molecule has 0 N–H and O–H groups in total. The van der Waals surface area contributed by atoms with Gasteiger partial charge in [0.15, 0.2) is 0 Å². The van der Waals surface area contributed by atoms with E-state index in [-0.39, 0.29) is 5.91 Å². The summed E-state index contributed by atoms with van der Waals surface area (Å²) in [6, 6.07) is 23.0. The number of carbonyl (C=O) groups excluding carboxylic acids is 1. The normalized spacial score (nSPS) is 10.8. The topological polar surface area (TPSA) is 29.5 Å². The van der Waals surface area contributed by atoms with Crippen molar-refractivity contribution < 1.29 is 9.53 Å². The van der Waals surface area contributed by atoms with Gasteiger partial charge in [-0.05, 0) is 55.5 Å². The molecule has 0 aliphatic heterocycles. The van der Waals surface area contributed by atoms with Gasteiger partial charge < -0.3 is 4.74 Å².